The molecule has 2 unspecified atom stereocenters. The summed E-state index contributed by atoms with van der Waals surface area (Å²) >= 11 is 0. The average Bonchev–Trinajstić information content (AvgIpc) is 2.33. The van der Waals surface area contributed by atoms with E-state index in [1.54, 1.807) is 0 Å². The SMILES string of the molecule is CC1CC(N)CCN1C/C=C/c1ccccc1. The van der Waals surface area contributed by atoms with E-state index in [0.29, 0.717) is 12.1 Å². The predicted octanol–water partition coefficient (Wildman–Crippen LogP) is 2.51. The molecule has 2 rings (SSSR count). The smallest absolute Gasteiger partial charge is 0.0169 e. The van der Waals surface area contributed by atoms with Crippen molar-refractivity contribution in [1.29, 1.82) is 0 Å². The Labute approximate surface area is 104 Å². The molecule has 92 valence electrons. The van der Waals surface area contributed by atoms with Crippen molar-refractivity contribution < 1.29 is 0 Å². The Balaban J connectivity index is 1.84. The highest BCUT2D eigenvalue weighted by molar-refractivity contribution is 5.48. The van der Waals surface area contributed by atoms with E-state index >= 15 is 0 Å². The van der Waals surface area contributed by atoms with Crippen LogP contribution in [-0.4, -0.2) is 30.1 Å². The number of nitrogens with zero attached hydrogens (tertiary/aromatic N) is 1. The summed E-state index contributed by atoms with van der Waals surface area (Å²) in [4.78, 5) is 2.50. The van der Waals surface area contributed by atoms with Crippen LogP contribution >= 0.6 is 0 Å². The van der Waals surface area contributed by atoms with Crippen molar-refractivity contribution in [3.8, 4) is 0 Å². The van der Waals surface area contributed by atoms with Gasteiger partial charge in [0.25, 0.3) is 0 Å². The number of hydrogen-bond donors (Lipinski definition) is 1. The van der Waals surface area contributed by atoms with Gasteiger partial charge in [0.05, 0.1) is 0 Å². The lowest BCUT2D eigenvalue weighted by molar-refractivity contribution is 0.164. The summed E-state index contributed by atoms with van der Waals surface area (Å²) in [5.74, 6) is 0. The highest BCUT2D eigenvalue weighted by Gasteiger charge is 2.21. The zero-order valence-corrected chi connectivity index (χ0v) is 10.5. The molecule has 1 heterocycles. The van der Waals surface area contributed by atoms with Crippen LogP contribution in [0.5, 0.6) is 0 Å². The molecule has 1 fully saturated rings. The van der Waals surface area contributed by atoms with E-state index in [0.717, 1.165) is 25.9 Å². The maximum atomic E-state index is 5.96. The number of hydrogen-bond acceptors (Lipinski definition) is 2. The minimum absolute atomic E-state index is 0.402. The van der Waals surface area contributed by atoms with Gasteiger partial charge in [-0.2, -0.15) is 0 Å². The van der Waals surface area contributed by atoms with Gasteiger partial charge in [0.2, 0.25) is 0 Å². The predicted molar refractivity (Wildman–Crippen MR) is 73.7 cm³/mol. The molecule has 1 saturated heterocycles. The summed E-state index contributed by atoms with van der Waals surface area (Å²) in [5, 5.41) is 0. The van der Waals surface area contributed by atoms with Crippen molar-refractivity contribution in [3.63, 3.8) is 0 Å². The fourth-order valence-electron chi connectivity index (χ4n) is 2.42. The van der Waals surface area contributed by atoms with Gasteiger partial charge in [0.15, 0.2) is 0 Å². The van der Waals surface area contributed by atoms with Crippen LogP contribution in [0, 0.1) is 0 Å². The molecular weight excluding hydrogens is 208 g/mol. The molecule has 1 aliphatic heterocycles. The normalized spacial score (nSPS) is 26.5. The molecule has 2 N–H and O–H groups in total. The Kier molecular flexibility index (Phi) is 4.35. The quantitative estimate of drug-likeness (QED) is 0.864. The van der Waals surface area contributed by atoms with E-state index in [9.17, 15) is 0 Å². The van der Waals surface area contributed by atoms with Gasteiger partial charge in [-0.25, -0.2) is 0 Å². The molecule has 2 atom stereocenters. The molecule has 17 heavy (non-hydrogen) atoms. The van der Waals surface area contributed by atoms with E-state index in [-0.39, 0.29) is 0 Å². The maximum Gasteiger partial charge on any atom is 0.0169 e. The first-order chi connectivity index (χ1) is 8.25. The van der Waals surface area contributed by atoms with E-state index in [2.05, 4.69) is 48.2 Å². The average molecular weight is 230 g/mol. The Bertz CT molecular complexity index is 358. The van der Waals surface area contributed by atoms with Gasteiger partial charge in [-0.1, -0.05) is 42.5 Å². The zero-order valence-electron chi connectivity index (χ0n) is 10.5. The summed E-state index contributed by atoms with van der Waals surface area (Å²) in [6.45, 7) is 4.43. The van der Waals surface area contributed by atoms with Gasteiger partial charge < -0.3 is 5.73 Å². The van der Waals surface area contributed by atoms with Gasteiger partial charge in [-0.05, 0) is 25.3 Å². The largest absolute Gasteiger partial charge is 0.328 e. The minimum atomic E-state index is 0.402. The molecule has 0 spiro atoms. The molecule has 1 aromatic rings. The van der Waals surface area contributed by atoms with Gasteiger partial charge in [0, 0.05) is 25.2 Å². The second-order valence-electron chi connectivity index (χ2n) is 4.94. The summed E-state index contributed by atoms with van der Waals surface area (Å²) in [5.41, 5.74) is 7.23. The fourth-order valence-corrected chi connectivity index (χ4v) is 2.42. The molecule has 0 saturated carbocycles. The molecule has 2 nitrogen and oxygen atoms in total. The van der Waals surface area contributed by atoms with Crippen molar-refractivity contribution in [2.24, 2.45) is 5.73 Å². The van der Waals surface area contributed by atoms with Crippen molar-refractivity contribution in [2.45, 2.75) is 31.8 Å². The van der Waals surface area contributed by atoms with Crippen molar-refractivity contribution in [1.82, 2.24) is 4.90 Å². The first-order valence-corrected chi connectivity index (χ1v) is 6.47. The summed E-state index contributed by atoms with van der Waals surface area (Å²) < 4.78 is 0. The van der Waals surface area contributed by atoms with Crippen molar-refractivity contribution in [2.75, 3.05) is 13.1 Å². The summed E-state index contributed by atoms with van der Waals surface area (Å²) in [7, 11) is 0. The minimum Gasteiger partial charge on any atom is -0.328 e. The monoisotopic (exact) mass is 230 g/mol. The molecule has 1 aromatic carbocycles. The number of rotatable bonds is 3. The van der Waals surface area contributed by atoms with Gasteiger partial charge in [0.1, 0.15) is 0 Å². The number of nitrogens with two attached hydrogens (primary N) is 1. The van der Waals surface area contributed by atoms with Crippen LogP contribution in [0.2, 0.25) is 0 Å². The van der Waals surface area contributed by atoms with E-state index in [4.69, 9.17) is 5.73 Å². The molecule has 0 bridgehead atoms. The van der Waals surface area contributed by atoms with Crippen LogP contribution in [-0.2, 0) is 0 Å². The third-order valence-corrected chi connectivity index (χ3v) is 3.50. The molecule has 1 aliphatic rings. The molecule has 0 amide bonds. The van der Waals surface area contributed by atoms with E-state index < -0.39 is 0 Å². The van der Waals surface area contributed by atoms with Crippen LogP contribution in [0.1, 0.15) is 25.3 Å². The zero-order chi connectivity index (χ0) is 12.1. The van der Waals surface area contributed by atoms with Crippen LogP contribution in [0.3, 0.4) is 0 Å². The van der Waals surface area contributed by atoms with Crippen molar-refractivity contribution in [3.05, 3.63) is 42.0 Å². The topological polar surface area (TPSA) is 29.3 Å². The Morgan fingerprint density at radius 1 is 1.35 bits per heavy atom. The van der Waals surface area contributed by atoms with Gasteiger partial charge >= 0.3 is 0 Å². The van der Waals surface area contributed by atoms with Crippen molar-refractivity contribution >= 4 is 6.08 Å². The van der Waals surface area contributed by atoms with E-state index in [1.807, 2.05) is 6.07 Å². The third-order valence-electron chi connectivity index (χ3n) is 3.50. The summed E-state index contributed by atoms with van der Waals surface area (Å²) in [6, 6.07) is 11.5. The highest BCUT2D eigenvalue weighted by atomic mass is 15.2. The standard InChI is InChI=1S/C15H22N2/c1-13-12-15(16)9-11-17(13)10-5-8-14-6-3-2-4-7-14/h2-8,13,15H,9-12,16H2,1H3/b8-5+. The van der Waals surface area contributed by atoms with Crippen LogP contribution in [0.25, 0.3) is 6.08 Å². The lowest BCUT2D eigenvalue weighted by Crippen LogP contribution is -2.45. The molecule has 0 radical (unpaired) electrons. The van der Waals surface area contributed by atoms with Crippen LogP contribution in [0.15, 0.2) is 36.4 Å². The molecular formula is C15H22N2. The second kappa shape index (κ2) is 5.99. The fraction of sp³-hybridized carbons (Fsp3) is 0.467. The number of benzene rings is 1. The van der Waals surface area contributed by atoms with Gasteiger partial charge in [-0.3, -0.25) is 4.90 Å². The second-order valence-corrected chi connectivity index (χ2v) is 4.94. The number of piperidine rings is 1. The van der Waals surface area contributed by atoms with Crippen LogP contribution in [0.4, 0.5) is 0 Å². The molecule has 2 heteroatoms. The lowest BCUT2D eigenvalue weighted by atomic mass is 9.99. The highest BCUT2D eigenvalue weighted by Crippen LogP contribution is 2.15. The Hall–Kier alpha value is -1.12. The number of likely N-dealkylation sites (tertiary alicyclic amines) is 1. The van der Waals surface area contributed by atoms with Crippen LogP contribution < -0.4 is 5.73 Å². The molecule has 0 aliphatic carbocycles. The first-order valence-electron chi connectivity index (χ1n) is 6.47. The maximum absolute atomic E-state index is 5.96. The molecule has 0 aromatic heterocycles. The summed E-state index contributed by atoms with van der Waals surface area (Å²) in [6.07, 6.45) is 6.70. The first kappa shape index (κ1) is 12.3. The van der Waals surface area contributed by atoms with Gasteiger partial charge in [-0.15, -0.1) is 0 Å². The Morgan fingerprint density at radius 2 is 2.12 bits per heavy atom. The third kappa shape index (κ3) is 3.69. The Morgan fingerprint density at radius 3 is 2.82 bits per heavy atom. The lowest BCUT2D eigenvalue weighted by Gasteiger charge is -2.35. The van der Waals surface area contributed by atoms with E-state index in [1.165, 1.54) is 5.56 Å².